The zero-order chi connectivity index (χ0) is 18.4. The molecular formula is C20H29N3O2. The second-order valence-electron chi connectivity index (χ2n) is 7.18. The highest BCUT2D eigenvalue weighted by Crippen LogP contribution is 2.22. The van der Waals surface area contributed by atoms with Gasteiger partial charge in [0.1, 0.15) is 0 Å². The van der Waals surface area contributed by atoms with E-state index < -0.39 is 0 Å². The van der Waals surface area contributed by atoms with Crippen molar-refractivity contribution < 1.29 is 9.90 Å². The number of aliphatic hydroxyl groups is 1. The van der Waals surface area contributed by atoms with Gasteiger partial charge in [-0.15, -0.1) is 0 Å². The van der Waals surface area contributed by atoms with Crippen LogP contribution in [0.25, 0.3) is 0 Å². The van der Waals surface area contributed by atoms with Crippen LogP contribution in [-0.4, -0.2) is 48.2 Å². The van der Waals surface area contributed by atoms with E-state index in [-0.39, 0.29) is 17.9 Å². The average molecular weight is 343 g/mol. The van der Waals surface area contributed by atoms with E-state index >= 15 is 0 Å². The number of nitrogens with zero attached hydrogens (tertiary/aromatic N) is 3. The number of rotatable bonds is 6. The smallest absolute Gasteiger partial charge is 0.241 e. The van der Waals surface area contributed by atoms with Crippen molar-refractivity contribution in [2.45, 2.75) is 46.1 Å². The second-order valence-corrected chi connectivity index (χ2v) is 7.18. The minimum atomic E-state index is -0.341. The summed E-state index contributed by atoms with van der Waals surface area (Å²) in [5.74, 6) is 0.252. The fourth-order valence-electron chi connectivity index (χ4n) is 3.57. The quantitative estimate of drug-likeness (QED) is 0.862. The maximum absolute atomic E-state index is 12.9. The minimum absolute atomic E-state index is 0.0199. The molecule has 0 spiro atoms. The van der Waals surface area contributed by atoms with Crippen LogP contribution in [-0.2, 0) is 4.79 Å². The predicted octanol–water partition coefficient (Wildman–Crippen LogP) is 2.64. The molecule has 5 nitrogen and oxygen atoms in total. The third kappa shape index (κ3) is 5.55. The second kappa shape index (κ2) is 8.98. The number of nitriles is 1. The number of carbonyl (C=O) groups is 1. The van der Waals surface area contributed by atoms with Crippen molar-refractivity contribution in [1.29, 1.82) is 5.26 Å². The third-order valence-electron chi connectivity index (χ3n) is 4.85. The van der Waals surface area contributed by atoms with E-state index in [4.69, 9.17) is 5.26 Å². The van der Waals surface area contributed by atoms with Gasteiger partial charge >= 0.3 is 0 Å². The van der Waals surface area contributed by atoms with Crippen LogP contribution < -0.4 is 4.90 Å². The molecule has 1 N–H and O–H groups in total. The molecule has 25 heavy (non-hydrogen) atoms. The summed E-state index contributed by atoms with van der Waals surface area (Å²) in [7, 11) is 0. The summed E-state index contributed by atoms with van der Waals surface area (Å²) in [6.07, 6.45) is 1.99. The van der Waals surface area contributed by atoms with Crippen molar-refractivity contribution in [3.63, 3.8) is 0 Å². The van der Waals surface area contributed by atoms with Gasteiger partial charge in [0.05, 0.1) is 25.1 Å². The first kappa shape index (κ1) is 19.4. The molecule has 2 unspecified atom stereocenters. The number of hydrogen-bond donors (Lipinski definition) is 1. The topological polar surface area (TPSA) is 67.6 Å². The Bertz CT molecular complexity index is 616. The first-order valence-corrected chi connectivity index (χ1v) is 9.06. The van der Waals surface area contributed by atoms with Crippen molar-refractivity contribution in [3.8, 4) is 6.07 Å². The molecule has 0 bridgehead atoms. The molecule has 5 heteroatoms. The van der Waals surface area contributed by atoms with E-state index in [9.17, 15) is 9.90 Å². The van der Waals surface area contributed by atoms with E-state index in [1.807, 2.05) is 32.9 Å². The highest BCUT2D eigenvalue weighted by atomic mass is 16.3. The zero-order valence-electron chi connectivity index (χ0n) is 15.5. The summed E-state index contributed by atoms with van der Waals surface area (Å²) >= 11 is 0. The summed E-state index contributed by atoms with van der Waals surface area (Å²) in [5, 5.41) is 18.8. The minimum Gasteiger partial charge on any atom is -0.393 e. The molecule has 1 saturated heterocycles. The van der Waals surface area contributed by atoms with E-state index in [0.717, 1.165) is 42.7 Å². The lowest BCUT2D eigenvalue weighted by Crippen LogP contribution is -2.46. The van der Waals surface area contributed by atoms with Crippen LogP contribution in [0.1, 0.15) is 37.3 Å². The van der Waals surface area contributed by atoms with Gasteiger partial charge in [0.15, 0.2) is 0 Å². The summed E-state index contributed by atoms with van der Waals surface area (Å²) < 4.78 is 0. The Morgan fingerprint density at radius 2 is 2.08 bits per heavy atom. The Hall–Kier alpha value is -1.90. The summed E-state index contributed by atoms with van der Waals surface area (Å²) in [6.45, 7) is 8.23. The van der Waals surface area contributed by atoms with Gasteiger partial charge in [-0.2, -0.15) is 5.26 Å². The Labute approximate surface area is 150 Å². The van der Waals surface area contributed by atoms with E-state index in [0.29, 0.717) is 19.5 Å². The Balaban J connectivity index is 2.11. The number of hydrogen-bond acceptors (Lipinski definition) is 4. The molecule has 1 aliphatic rings. The molecule has 0 aliphatic carbocycles. The highest BCUT2D eigenvalue weighted by molar-refractivity contribution is 5.95. The Morgan fingerprint density at radius 3 is 2.68 bits per heavy atom. The van der Waals surface area contributed by atoms with Crippen molar-refractivity contribution >= 4 is 11.6 Å². The van der Waals surface area contributed by atoms with Crippen LogP contribution in [0.2, 0.25) is 0 Å². The Kier molecular flexibility index (Phi) is 6.98. The summed E-state index contributed by atoms with van der Waals surface area (Å²) in [5.41, 5.74) is 3.08. The normalized spacial score (nSPS) is 19.2. The number of benzene rings is 1. The first-order valence-electron chi connectivity index (χ1n) is 9.06. The van der Waals surface area contributed by atoms with Crippen LogP contribution in [0.15, 0.2) is 18.2 Å². The fraction of sp³-hybridized carbons (Fsp3) is 0.600. The van der Waals surface area contributed by atoms with Gasteiger partial charge in [-0.05, 0) is 69.3 Å². The number of anilines is 1. The number of aryl methyl sites for hydroxylation is 2. The van der Waals surface area contributed by atoms with Crippen molar-refractivity contribution in [2.24, 2.45) is 5.92 Å². The molecule has 1 aliphatic heterocycles. The van der Waals surface area contributed by atoms with Crippen LogP contribution in [0.5, 0.6) is 0 Å². The Morgan fingerprint density at radius 1 is 1.40 bits per heavy atom. The number of piperidine rings is 1. The van der Waals surface area contributed by atoms with Crippen LogP contribution in [0, 0.1) is 31.1 Å². The largest absolute Gasteiger partial charge is 0.393 e. The van der Waals surface area contributed by atoms with E-state index in [1.54, 1.807) is 4.90 Å². The average Bonchev–Trinajstić information content (AvgIpc) is 2.54. The molecular weight excluding hydrogens is 314 g/mol. The van der Waals surface area contributed by atoms with Crippen LogP contribution >= 0.6 is 0 Å². The van der Waals surface area contributed by atoms with Crippen molar-refractivity contribution in [1.82, 2.24) is 4.90 Å². The van der Waals surface area contributed by atoms with Crippen LogP contribution in [0.3, 0.4) is 0 Å². The first-order chi connectivity index (χ1) is 11.9. The van der Waals surface area contributed by atoms with E-state index in [1.165, 1.54) is 0 Å². The van der Waals surface area contributed by atoms with Gasteiger partial charge in [-0.3, -0.25) is 9.69 Å². The lowest BCUT2D eigenvalue weighted by molar-refractivity contribution is -0.120. The maximum Gasteiger partial charge on any atom is 0.241 e. The number of likely N-dealkylation sites (tertiary alicyclic amines) is 1. The van der Waals surface area contributed by atoms with Crippen molar-refractivity contribution in [3.05, 3.63) is 29.3 Å². The van der Waals surface area contributed by atoms with Gasteiger partial charge in [0.25, 0.3) is 0 Å². The lowest BCUT2D eigenvalue weighted by atomic mass is 9.93. The lowest BCUT2D eigenvalue weighted by Gasteiger charge is -2.35. The molecule has 1 aromatic rings. The van der Waals surface area contributed by atoms with Crippen molar-refractivity contribution in [2.75, 3.05) is 31.1 Å². The van der Waals surface area contributed by atoms with Gasteiger partial charge in [-0.25, -0.2) is 0 Å². The number of amides is 1. The maximum atomic E-state index is 12.9. The molecule has 1 amide bonds. The standard InChI is InChI=1S/C20H29N3O2/c1-15-10-16(2)12-19(11-15)23(9-5-7-21)20(25)14-22-8-4-6-18(13-22)17(3)24/h10-12,17-18,24H,4-6,8-9,13-14H2,1-3H3. The molecule has 1 aromatic carbocycles. The fourth-order valence-corrected chi connectivity index (χ4v) is 3.57. The van der Waals surface area contributed by atoms with E-state index in [2.05, 4.69) is 17.0 Å². The molecule has 1 fully saturated rings. The van der Waals surface area contributed by atoms with Gasteiger partial charge in [-0.1, -0.05) is 6.07 Å². The SMILES string of the molecule is Cc1cc(C)cc(N(CCC#N)C(=O)CN2CCCC(C(C)O)C2)c1. The number of carbonyl (C=O) groups excluding carboxylic acids is 1. The predicted molar refractivity (Wildman–Crippen MR) is 99.3 cm³/mol. The molecule has 1 heterocycles. The molecule has 2 rings (SSSR count). The third-order valence-corrected chi connectivity index (χ3v) is 4.85. The van der Waals surface area contributed by atoms with Gasteiger partial charge in [0.2, 0.25) is 5.91 Å². The van der Waals surface area contributed by atoms with Crippen LogP contribution in [0.4, 0.5) is 5.69 Å². The molecule has 0 aromatic heterocycles. The summed E-state index contributed by atoms with van der Waals surface area (Å²) in [4.78, 5) is 16.8. The monoisotopic (exact) mass is 343 g/mol. The van der Waals surface area contributed by atoms with Gasteiger partial charge in [0, 0.05) is 18.8 Å². The number of aliphatic hydroxyl groups excluding tert-OH is 1. The summed E-state index contributed by atoms with van der Waals surface area (Å²) in [6, 6.07) is 8.21. The molecule has 2 atom stereocenters. The molecule has 136 valence electrons. The molecule has 0 saturated carbocycles. The molecule has 0 radical (unpaired) electrons. The van der Waals surface area contributed by atoms with Gasteiger partial charge < -0.3 is 10.0 Å². The zero-order valence-corrected chi connectivity index (χ0v) is 15.5. The highest BCUT2D eigenvalue weighted by Gasteiger charge is 2.26.